The van der Waals surface area contributed by atoms with E-state index in [1.807, 2.05) is 12.1 Å². The number of nitrogens with one attached hydrogen (secondary N) is 1. The second-order valence-corrected chi connectivity index (χ2v) is 6.59. The summed E-state index contributed by atoms with van der Waals surface area (Å²) in [5.41, 5.74) is 0.114. The van der Waals surface area contributed by atoms with E-state index >= 15 is 0 Å². The zero-order valence-electron chi connectivity index (χ0n) is 11.6. The third-order valence-electron chi connectivity index (χ3n) is 2.34. The second-order valence-electron chi connectivity index (χ2n) is 5.35. The summed E-state index contributed by atoms with van der Waals surface area (Å²) in [6.07, 6.45) is -0.817. The molecule has 1 aromatic rings. The van der Waals surface area contributed by atoms with E-state index in [2.05, 4.69) is 27.9 Å². The van der Waals surface area contributed by atoms with Gasteiger partial charge in [0, 0.05) is 3.57 Å². The lowest BCUT2D eigenvalue weighted by Gasteiger charge is -2.23. The fourth-order valence-electron chi connectivity index (χ4n) is 1.57. The highest BCUT2D eigenvalue weighted by Gasteiger charge is 2.22. The van der Waals surface area contributed by atoms with Gasteiger partial charge in [-0.2, -0.15) is 0 Å². The Balaban J connectivity index is 2.82. The monoisotopic (exact) mass is 391 g/mol. The molecule has 1 unspecified atom stereocenters. The number of amides is 1. The molecule has 1 amide bonds. The van der Waals surface area contributed by atoms with Gasteiger partial charge in [-0.15, -0.1) is 0 Å². The van der Waals surface area contributed by atoms with Crippen LogP contribution in [0.5, 0.6) is 0 Å². The van der Waals surface area contributed by atoms with Crippen LogP contribution in [-0.4, -0.2) is 22.8 Å². The molecule has 0 bridgehead atoms. The summed E-state index contributed by atoms with van der Waals surface area (Å²) in [5, 5.41) is 11.5. The van der Waals surface area contributed by atoms with Crippen LogP contribution in [0.25, 0.3) is 0 Å². The number of carboxylic acids is 1. The summed E-state index contributed by atoms with van der Waals surface area (Å²) < 4.78 is 6.19. The van der Waals surface area contributed by atoms with E-state index in [-0.39, 0.29) is 6.42 Å². The molecule has 0 saturated carbocycles. The van der Waals surface area contributed by atoms with Crippen molar-refractivity contribution in [2.45, 2.75) is 38.8 Å². The van der Waals surface area contributed by atoms with Crippen LogP contribution in [-0.2, 0) is 9.53 Å². The molecular weight excluding hydrogens is 373 g/mol. The van der Waals surface area contributed by atoms with E-state index in [1.165, 1.54) is 0 Å². The zero-order valence-corrected chi connectivity index (χ0v) is 13.8. The van der Waals surface area contributed by atoms with Crippen molar-refractivity contribution in [2.75, 3.05) is 0 Å². The van der Waals surface area contributed by atoms with Crippen molar-refractivity contribution in [1.29, 1.82) is 0 Å². The number of hydrogen-bond donors (Lipinski definition) is 2. The Morgan fingerprint density at radius 3 is 2.30 bits per heavy atom. The van der Waals surface area contributed by atoms with Crippen molar-refractivity contribution in [3.8, 4) is 0 Å². The average Bonchev–Trinajstić information content (AvgIpc) is 2.25. The first-order chi connectivity index (χ1) is 9.17. The van der Waals surface area contributed by atoms with Crippen LogP contribution in [0.4, 0.5) is 4.79 Å². The van der Waals surface area contributed by atoms with Crippen LogP contribution < -0.4 is 5.32 Å². The first-order valence-corrected chi connectivity index (χ1v) is 7.22. The molecule has 6 heteroatoms. The first kappa shape index (κ1) is 16.7. The number of benzene rings is 1. The van der Waals surface area contributed by atoms with E-state index < -0.39 is 23.7 Å². The van der Waals surface area contributed by atoms with Crippen molar-refractivity contribution in [1.82, 2.24) is 5.32 Å². The number of carboxylic acid groups (broad SMARTS) is 1. The van der Waals surface area contributed by atoms with Gasteiger partial charge in [-0.1, -0.05) is 12.1 Å². The molecule has 2 N–H and O–H groups in total. The van der Waals surface area contributed by atoms with Crippen LogP contribution in [0.1, 0.15) is 38.8 Å². The Morgan fingerprint density at radius 2 is 1.85 bits per heavy atom. The number of carbonyl (C=O) groups is 2. The minimum Gasteiger partial charge on any atom is -0.481 e. The number of hydrogen-bond acceptors (Lipinski definition) is 3. The van der Waals surface area contributed by atoms with Gasteiger partial charge in [0.15, 0.2) is 0 Å². The van der Waals surface area contributed by atoms with Gasteiger partial charge in [-0.05, 0) is 61.1 Å². The smallest absolute Gasteiger partial charge is 0.408 e. The van der Waals surface area contributed by atoms with Gasteiger partial charge in [0.1, 0.15) is 5.60 Å². The van der Waals surface area contributed by atoms with E-state index in [0.717, 1.165) is 9.13 Å². The molecule has 5 nitrogen and oxygen atoms in total. The molecular formula is C14H18INO4. The van der Waals surface area contributed by atoms with Gasteiger partial charge in [-0.3, -0.25) is 4.79 Å². The fraction of sp³-hybridized carbons (Fsp3) is 0.429. The van der Waals surface area contributed by atoms with Crippen molar-refractivity contribution in [3.05, 3.63) is 33.4 Å². The van der Waals surface area contributed by atoms with Gasteiger partial charge >= 0.3 is 12.1 Å². The first-order valence-electron chi connectivity index (χ1n) is 6.14. The summed E-state index contributed by atoms with van der Waals surface area (Å²) in [6.45, 7) is 5.26. The maximum Gasteiger partial charge on any atom is 0.408 e. The Kier molecular flexibility index (Phi) is 5.79. The van der Waals surface area contributed by atoms with E-state index in [9.17, 15) is 9.59 Å². The Labute approximate surface area is 131 Å². The lowest BCUT2D eigenvalue weighted by atomic mass is 10.0. The number of carbonyl (C=O) groups excluding carboxylic acids is 1. The highest BCUT2D eigenvalue weighted by molar-refractivity contribution is 14.1. The highest BCUT2D eigenvalue weighted by atomic mass is 127. The standard InChI is InChI=1S/C14H18INO4/c1-14(2,3)20-13(19)16-11(8-12(17)18)9-4-6-10(15)7-5-9/h4-7,11H,8H2,1-3H3,(H,16,19)(H,17,18). The lowest BCUT2D eigenvalue weighted by molar-refractivity contribution is -0.137. The normalized spacial score (nSPS) is 12.6. The Hall–Kier alpha value is -1.31. The topological polar surface area (TPSA) is 75.6 Å². The van der Waals surface area contributed by atoms with Crippen LogP contribution in [0.2, 0.25) is 0 Å². The molecule has 0 spiro atoms. The number of alkyl carbamates (subject to hydrolysis) is 1. The molecule has 1 atom stereocenters. The molecule has 0 aliphatic rings. The SMILES string of the molecule is CC(C)(C)OC(=O)NC(CC(=O)O)c1ccc(I)cc1. The van der Waals surface area contributed by atoms with Crippen molar-refractivity contribution in [2.24, 2.45) is 0 Å². The molecule has 0 aliphatic carbocycles. The van der Waals surface area contributed by atoms with Crippen LogP contribution in [0, 0.1) is 3.57 Å². The minimum atomic E-state index is -0.982. The third-order valence-corrected chi connectivity index (χ3v) is 3.06. The second kappa shape index (κ2) is 6.92. The molecule has 0 aromatic heterocycles. The van der Waals surface area contributed by atoms with Crippen molar-refractivity contribution >= 4 is 34.7 Å². The van der Waals surface area contributed by atoms with Gasteiger partial charge < -0.3 is 15.2 Å². The summed E-state index contributed by atoms with van der Waals surface area (Å²) in [5.74, 6) is -0.982. The molecule has 0 radical (unpaired) electrons. The van der Waals surface area contributed by atoms with E-state index in [4.69, 9.17) is 9.84 Å². The molecule has 110 valence electrons. The Bertz CT molecular complexity index is 479. The van der Waals surface area contributed by atoms with Gasteiger partial charge in [0.05, 0.1) is 12.5 Å². The summed E-state index contributed by atoms with van der Waals surface area (Å²) in [6, 6.07) is 6.71. The van der Waals surface area contributed by atoms with Gasteiger partial charge in [0.2, 0.25) is 0 Å². The molecule has 0 aliphatic heterocycles. The fourth-order valence-corrected chi connectivity index (χ4v) is 1.93. The summed E-state index contributed by atoms with van der Waals surface area (Å²) in [7, 11) is 0. The van der Waals surface area contributed by atoms with Crippen LogP contribution >= 0.6 is 22.6 Å². The van der Waals surface area contributed by atoms with E-state index in [1.54, 1.807) is 32.9 Å². The van der Waals surface area contributed by atoms with Gasteiger partial charge in [-0.25, -0.2) is 4.79 Å². The van der Waals surface area contributed by atoms with Crippen LogP contribution in [0.15, 0.2) is 24.3 Å². The maximum atomic E-state index is 11.8. The van der Waals surface area contributed by atoms with Crippen molar-refractivity contribution < 1.29 is 19.4 Å². The summed E-state index contributed by atoms with van der Waals surface area (Å²) >= 11 is 2.16. The van der Waals surface area contributed by atoms with E-state index in [0.29, 0.717) is 0 Å². The van der Waals surface area contributed by atoms with Crippen molar-refractivity contribution in [3.63, 3.8) is 0 Å². The Morgan fingerprint density at radius 1 is 1.30 bits per heavy atom. The molecule has 20 heavy (non-hydrogen) atoms. The number of ether oxygens (including phenoxy) is 1. The predicted molar refractivity (Wildman–Crippen MR) is 83.5 cm³/mol. The third kappa shape index (κ3) is 6.23. The predicted octanol–water partition coefficient (Wildman–Crippen LogP) is 3.33. The largest absolute Gasteiger partial charge is 0.481 e. The molecule has 1 aromatic carbocycles. The highest BCUT2D eigenvalue weighted by Crippen LogP contribution is 2.19. The quantitative estimate of drug-likeness (QED) is 0.773. The number of rotatable bonds is 4. The molecule has 0 saturated heterocycles. The number of halogens is 1. The molecule has 1 rings (SSSR count). The maximum absolute atomic E-state index is 11.8. The number of aliphatic carboxylic acids is 1. The lowest BCUT2D eigenvalue weighted by Crippen LogP contribution is -2.35. The van der Waals surface area contributed by atoms with Crippen LogP contribution in [0.3, 0.4) is 0 Å². The average molecular weight is 391 g/mol. The minimum absolute atomic E-state index is 0.195. The van der Waals surface area contributed by atoms with Gasteiger partial charge in [0.25, 0.3) is 0 Å². The summed E-state index contributed by atoms with van der Waals surface area (Å²) in [4.78, 5) is 22.7. The molecule has 0 fully saturated rings. The zero-order chi connectivity index (χ0) is 15.3. The molecule has 0 heterocycles.